The van der Waals surface area contributed by atoms with Crippen LogP contribution in [0.1, 0.15) is 48.5 Å². The minimum atomic E-state index is -1.15. The van der Waals surface area contributed by atoms with Crippen molar-refractivity contribution in [2.75, 3.05) is 0 Å². The van der Waals surface area contributed by atoms with E-state index in [0.717, 1.165) is 36.6 Å². The molecule has 4 heteroatoms. The van der Waals surface area contributed by atoms with Gasteiger partial charge in [0.15, 0.2) is 0 Å². The average molecular weight is 271 g/mol. The van der Waals surface area contributed by atoms with Gasteiger partial charge in [-0.2, -0.15) is 0 Å². The number of carbonyl (C=O) groups is 1. The molecular weight excluding hydrogens is 254 g/mol. The third-order valence-electron chi connectivity index (χ3n) is 4.12. The van der Waals surface area contributed by atoms with Crippen LogP contribution in [0.3, 0.4) is 0 Å². The normalized spacial score (nSPS) is 16.4. The summed E-state index contributed by atoms with van der Waals surface area (Å²) in [6, 6.07) is 9.13. The van der Waals surface area contributed by atoms with Crippen molar-refractivity contribution in [2.24, 2.45) is 0 Å². The molecule has 1 aromatic carbocycles. The fourth-order valence-electron chi connectivity index (χ4n) is 3.14. The number of nitrogens with zero attached hydrogens (tertiary/aromatic N) is 1. The van der Waals surface area contributed by atoms with Crippen molar-refractivity contribution in [3.8, 4) is 0 Å². The van der Waals surface area contributed by atoms with Crippen LogP contribution in [-0.4, -0.2) is 15.6 Å². The molecule has 0 bridgehead atoms. The highest BCUT2D eigenvalue weighted by molar-refractivity contribution is 5.92. The first kappa shape index (κ1) is 12.9. The van der Waals surface area contributed by atoms with Crippen molar-refractivity contribution >= 4 is 16.9 Å². The smallest absolute Gasteiger partial charge is 0.341 e. The first-order chi connectivity index (χ1) is 9.68. The predicted molar refractivity (Wildman–Crippen MR) is 77.3 cm³/mol. The van der Waals surface area contributed by atoms with Crippen LogP contribution < -0.4 is 5.56 Å². The van der Waals surface area contributed by atoms with Crippen LogP contribution in [0.25, 0.3) is 10.9 Å². The highest BCUT2D eigenvalue weighted by atomic mass is 16.4. The Morgan fingerprint density at radius 3 is 2.55 bits per heavy atom. The van der Waals surface area contributed by atoms with Crippen LogP contribution in [0.5, 0.6) is 0 Å². The van der Waals surface area contributed by atoms with E-state index < -0.39 is 5.97 Å². The lowest BCUT2D eigenvalue weighted by molar-refractivity contribution is 0.0694. The molecule has 1 fully saturated rings. The second kappa shape index (κ2) is 5.12. The molecule has 1 aliphatic carbocycles. The molecule has 1 saturated carbocycles. The lowest BCUT2D eigenvalue weighted by Crippen LogP contribution is -2.30. The summed E-state index contributed by atoms with van der Waals surface area (Å²) in [4.78, 5) is 23.8. The number of aromatic nitrogens is 1. The van der Waals surface area contributed by atoms with Gasteiger partial charge in [-0.15, -0.1) is 0 Å². The largest absolute Gasteiger partial charge is 0.477 e. The van der Waals surface area contributed by atoms with E-state index in [4.69, 9.17) is 0 Å². The van der Waals surface area contributed by atoms with Crippen molar-refractivity contribution in [3.63, 3.8) is 0 Å². The van der Waals surface area contributed by atoms with Crippen LogP contribution in [0.2, 0.25) is 0 Å². The molecule has 20 heavy (non-hydrogen) atoms. The number of pyridine rings is 1. The number of para-hydroxylation sites is 1. The Morgan fingerprint density at radius 1 is 1.15 bits per heavy atom. The summed E-state index contributed by atoms with van der Waals surface area (Å²) in [5.74, 6) is -1.15. The summed E-state index contributed by atoms with van der Waals surface area (Å²) in [6.07, 6.45) is 5.30. The van der Waals surface area contributed by atoms with Crippen LogP contribution in [-0.2, 0) is 0 Å². The Balaban J connectivity index is 2.28. The summed E-state index contributed by atoms with van der Waals surface area (Å²) in [7, 11) is 0. The third kappa shape index (κ3) is 2.11. The maximum absolute atomic E-state index is 12.5. The van der Waals surface area contributed by atoms with E-state index >= 15 is 0 Å². The summed E-state index contributed by atoms with van der Waals surface area (Å²) in [6.45, 7) is 0. The van der Waals surface area contributed by atoms with Gasteiger partial charge in [0, 0.05) is 6.04 Å². The molecule has 104 valence electrons. The minimum absolute atomic E-state index is 0.125. The molecule has 3 rings (SSSR count). The predicted octanol–water partition coefficient (Wildman–Crippen LogP) is 3.20. The van der Waals surface area contributed by atoms with E-state index in [1.165, 1.54) is 12.5 Å². The number of aromatic carboxylic acids is 1. The maximum atomic E-state index is 12.5. The first-order valence-electron chi connectivity index (χ1n) is 7.06. The van der Waals surface area contributed by atoms with Gasteiger partial charge in [0.2, 0.25) is 0 Å². The molecule has 0 radical (unpaired) electrons. The van der Waals surface area contributed by atoms with Gasteiger partial charge in [-0.3, -0.25) is 4.79 Å². The van der Waals surface area contributed by atoms with Crippen molar-refractivity contribution in [1.29, 1.82) is 0 Å². The Morgan fingerprint density at radius 2 is 1.85 bits per heavy atom. The number of rotatable bonds is 2. The number of fused-ring (bicyclic) bond motifs is 1. The van der Waals surface area contributed by atoms with E-state index in [2.05, 4.69) is 0 Å². The van der Waals surface area contributed by atoms with Crippen molar-refractivity contribution < 1.29 is 9.90 Å². The molecule has 1 aromatic heterocycles. The quantitative estimate of drug-likeness (QED) is 0.912. The van der Waals surface area contributed by atoms with Gasteiger partial charge in [0.25, 0.3) is 5.56 Å². The first-order valence-corrected chi connectivity index (χ1v) is 7.06. The van der Waals surface area contributed by atoms with Gasteiger partial charge in [0.1, 0.15) is 5.56 Å². The van der Waals surface area contributed by atoms with Gasteiger partial charge in [-0.25, -0.2) is 4.79 Å². The summed E-state index contributed by atoms with van der Waals surface area (Å²) in [5.41, 5.74) is 0.340. The van der Waals surface area contributed by atoms with Crippen molar-refractivity contribution in [3.05, 3.63) is 46.2 Å². The van der Waals surface area contributed by atoms with Crippen LogP contribution >= 0.6 is 0 Å². The number of benzene rings is 1. The van der Waals surface area contributed by atoms with Crippen LogP contribution in [0.4, 0.5) is 0 Å². The average Bonchev–Trinajstić information content (AvgIpc) is 2.47. The lowest BCUT2D eigenvalue weighted by Gasteiger charge is -2.25. The SMILES string of the molecule is O=C(O)c1cc2ccccc2n(C2CCCCC2)c1=O. The Bertz CT molecular complexity index is 711. The summed E-state index contributed by atoms with van der Waals surface area (Å²) < 4.78 is 1.71. The zero-order valence-corrected chi connectivity index (χ0v) is 11.2. The molecule has 2 aromatic rings. The zero-order valence-electron chi connectivity index (χ0n) is 11.2. The standard InChI is InChI=1S/C16H17NO3/c18-15-13(16(19)20)10-11-6-4-5-9-14(11)17(15)12-7-2-1-3-8-12/h4-6,9-10,12H,1-3,7-8H2,(H,19,20). The molecule has 0 saturated heterocycles. The van der Waals surface area contributed by atoms with Crippen molar-refractivity contribution in [2.45, 2.75) is 38.1 Å². The molecular formula is C16H17NO3. The monoisotopic (exact) mass is 271 g/mol. The van der Waals surface area contributed by atoms with Gasteiger partial charge >= 0.3 is 5.97 Å². The topological polar surface area (TPSA) is 59.3 Å². The Labute approximate surface area is 116 Å². The number of carboxylic acids is 1. The second-order valence-electron chi connectivity index (χ2n) is 5.39. The van der Waals surface area contributed by atoms with Crippen molar-refractivity contribution in [1.82, 2.24) is 4.57 Å². The van der Waals surface area contributed by atoms with Gasteiger partial charge in [-0.05, 0) is 30.4 Å². The fourth-order valence-corrected chi connectivity index (χ4v) is 3.14. The van der Waals surface area contributed by atoms with Crippen LogP contribution in [0.15, 0.2) is 35.1 Å². The molecule has 0 unspecified atom stereocenters. The molecule has 0 amide bonds. The molecule has 0 atom stereocenters. The Kier molecular flexibility index (Phi) is 3.30. The number of hydrogen-bond acceptors (Lipinski definition) is 2. The molecule has 1 heterocycles. The fraction of sp³-hybridized carbons (Fsp3) is 0.375. The zero-order chi connectivity index (χ0) is 14.1. The Hall–Kier alpha value is -2.10. The van der Waals surface area contributed by atoms with Gasteiger partial charge in [0.05, 0.1) is 5.52 Å². The number of hydrogen-bond donors (Lipinski definition) is 1. The summed E-state index contributed by atoms with van der Waals surface area (Å²) >= 11 is 0. The van der Waals surface area contributed by atoms with Gasteiger partial charge < -0.3 is 9.67 Å². The summed E-state index contributed by atoms with van der Waals surface area (Å²) in [5, 5.41) is 10.0. The minimum Gasteiger partial charge on any atom is -0.477 e. The molecule has 1 N–H and O–H groups in total. The van der Waals surface area contributed by atoms with E-state index in [0.29, 0.717) is 0 Å². The molecule has 4 nitrogen and oxygen atoms in total. The highest BCUT2D eigenvalue weighted by Gasteiger charge is 2.21. The molecule has 0 aliphatic heterocycles. The maximum Gasteiger partial charge on any atom is 0.341 e. The van der Waals surface area contributed by atoms with E-state index in [-0.39, 0.29) is 17.2 Å². The van der Waals surface area contributed by atoms with E-state index in [1.54, 1.807) is 4.57 Å². The van der Waals surface area contributed by atoms with E-state index in [9.17, 15) is 14.7 Å². The molecule has 1 aliphatic rings. The van der Waals surface area contributed by atoms with Gasteiger partial charge in [-0.1, -0.05) is 37.5 Å². The van der Waals surface area contributed by atoms with Crippen LogP contribution in [0, 0.1) is 0 Å². The van der Waals surface area contributed by atoms with E-state index in [1.807, 2.05) is 24.3 Å². The lowest BCUT2D eigenvalue weighted by atomic mass is 9.94. The third-order valence-corrected chi connectivity index (χ3v) is 4.12. The number of carboxylic acid groups (broad SMARTS) is 1. The highest BCUT2D eigenvalue weighted by Crippen LogP contribution is 2.29. The second-order valence-corrected chi connectivity index (χ2v) is 5.39. The molecule has 0 spiro atoms.